The molecule has 31 heavy (non-hydrogen) atoms. The lowest BCUT2D eigenvalue weighted by Gasteiger charge is -2.08. The van der Waals surface area contributed by atoms with Crippen LogP contribution < -0.4 is 0 Å². The van der Waals surface area contributed by atoms with E-state index >= 15 is 0 Å². The molecule has 3 rings (SSSR count). The Labute approximate surface area is 187 Å². The van der Waals surface area contributed by atoms with Gasteiger partial charge in [0.25, 0.3) is 0 Å². The molecule has 154 valence electrons. The molecule has 0 radical (unpaired) electrons. The fourth-order valence-electron chi connectivity index (χ4n) is 3.16. The minimum absolute atomic E-state index is 0.403. The summed E-state index contributed by atoms with van der Waals surface area (Å²) in [6.45, 7) is 4.16. The molecule has 0 amide bonds. The van der Waals surface area contributed by atoms with Crippen LogP contribution in [-0.2, 0) is 0 Å². The van der Waals surface area contributed by atoms with Crippen molar-refractivity contribution in [2.24, 2.45) is 4.99 Å². The maximum Gasteiger partial charge on any atom is 0.153 e. The summed E-state index contributed by atoms with van der Waals surface area (Å²) in [7, 11) is 0. The van der Waals surface area contributed by atoms with Gasteiger partial charge in [-0.3, -0.25) is 0 Å². The van der Waals surface area contributed by atoms with Gasteiger partial charge in [-0.05, 0) is 77.6 Å². The highest BCUT2D eigenvalue weighted by atomic mass is 32.1. The van der Waals surface area contributed by atoms with Crippen molar-refractivity contribution in [1.82, 2.24) is 0 Å². The molecule has 0 spiro atoms. The molecule has 0 unspecified atom stereocenters. The van der Waals surface area contributed by atoms with Crippen LogP contribution in [-0.4, -0.2) is 5.16 Å². The molecule has 4 heteroatoms. The third kappa shape index (κ3) is 5.83. The third-order valence-corrected chi connectivity index (χ3v) is 4.81. The fourth-order valence-corrected chi connectivity index (χ4v) is 3.25. The SMILES string of the molecule is CCCC#Cc1ccc(-c2ccc(/C=C/c3cc(F)c(N=C=S)c(F)c3)cc2C)cc1. The van der Waals surface area contributed by atoms with E-state index in [1.54, 1.807) is 6.08 Å². The van der Waals surface area contributed by atoms with Crippen molar-refractivity contribution in [2.45, 2.75) is 26.7 Å². The summed E-state index contributed by atoms with van der Waals surface area (Å²) in [5.74, 6) is 4.78. The number of hydrogen-bond acceptors (Lipinski definition) is 2. The van der Waals surface area contributed by atoms with Crippen LogP contribution in [0.4, 0.5) is 14.5 Å². The first-order valence-electron chi connectivity index (χ1n) is 9.96. The smallest absolute Gasteiger partial charge is 0.153 e. The monoisotopic (exact) mass is 429 g/mol. The molecule has 0 fully saturated rings. The van der Waals surface area contributed by atoms with Crippen LogP contribution in [0.5, 0.6) is 0 Å². The van der Waals surface area contributed by atoms with Gasteiger partial charge in [0.15, 0.2) is 11.6 Å². The van der Waals surface area contributed by atoms with E-state index in [0.717, 1.165) is 40.7 Å². The summed E-state index contributed by atoms with van der Waals surface area (Å²) in [5.41, 5.74) is 5.28. The predicted molar refractivity (Wildman–Crippen MR) is 128 cm³/mol. The van der Waals surface area contributed by atoms with E-state index in [0.29, 0.717) is 5.56 Å². The standard InChI is InChI=1S/C27H21F2NS/c1-3-4-5-6-20-9-12-23(13-10-20)24-14-11-21(15-19(24)2)7-8-22-16-25(28)27(30-18-31)26(29)17-22/h7-17H,3-4H2,1-2H3/b8-7+. The van der Waals surface area contributed by atoms with Crippen molar-refractivity contribution >= 4 is 35.2 Å². The van der Waals surface area contributed by atoms with Gasteiger partial charge >= 0.3 is 0 Å². The highest BCUT2D eigenvalue weighted by Crippen LogP contribution is 2.27. The summed E-state index contributed by atoms with van der Waals surface area (Å²) < 4.78 is 28.0. The Morgan fingerprint density at radius 1 is 0.935 bits per heavy atom. The number of rotatable bonds is 5. The second-order valence-corrected chi connectivity index (χ2v) is 7.26. The number of aliphatic imine (C=N–C) groups is 1. The average molecular weight is 430 g/mol. The van der Waals surface area contributed by atoms with Crippen molar-refractivity contribution in [3.8, 4) is 23.0 Å². The number of aryl methyl sites for hydroxylation is 1. The highest BCUT2D eigenvalue weighted by Gasteiger charge is 2.09. The maximum atomic E-state index is 14.0. The molecule has 0 aliphatic heterocycles. The van der Waals surface area contributed by atoms with Crippen LogP contribution in [0.2, 0.25) is 0 Å². The zero-order valence-corrected chi connectivity index (χ0v) is 18.2. The summed E-state index contributed by atoms with van der Waals surface area (Å²) in [5, 5.41) is 1.99. The van der Waals surface area contributed by atoms with Gasteiger partial charge in [0.05, 0.1) is 5.16 Å². The zero-order chi connectivity index (χ0) is 22.2. The molecule has 0 atom stereocenters. The molecular weight excluding hydrogens is 408 g/mol. The Hall–Kier alpha value is -3.38. The van der Waals surface area contributed by atoms with Gasteiger partial charge in [0.2, 0.25) is 0 Å². The second-order valence-electron chi connectivity index (χ2n) is 7.07. The van der Waals surface area contributed by atoms with Crippen molar-refractivity contribution in [2.75, 3.05) is 0 Å². The molecular formula is C27H21F2NS. The van der Waals surface area contributed by atoms with E-state index in [9.17, 15) is 8.78 Å². The molecule has 0 saturated carbocycles. The van der Waals surface area contributed by atoms with Gasteiger partial charge in [0, 0.05) is 12.0 Å². The van der Waals surface area contributed by atoms with E-state index in [2.05, 4.69) is 48.1 Å². The third-order valence-electron chi connectivity index (χ3n) is 4.72. The summed E-state index contributed by atoms with van der Waals surface area (Å²) in [6.07, 6.45) is 5.44. The fraction of sp³-hybridized carbons (Fsp3) is 0.148. The minimum Gasteiger partial charge on any atom is -0.204 e. The largest absolute Gasteiger partial charge is 0.204 e. The molecule has 3 aromatic carbocycles. The van der Waals surface area contributed by atoms with Crippen molar-refractivity contribution in [3.63, 3.8) is 0 Å². The first-order chi connectivity index (χ1) is 15.0. The lowest BCUT2D eigenvalue weighted by molar-refractivity contribution is 0.587. The van der Waals surface area contributed by atoms with Crippen LogP contribution in [0.25, 0.3) is 23.3 Å². The van der Waals surface area contributed by atoms with Gasteiger partial charge in [-0.2, -0.15) is 4.99 Å². The van der Waals surface area contributed by atoms with Crippen LogP contribution >= 0.6 is 12.2 Å². The molecule has 0 aliphatic carbocycles. The van der Waals surface area contributed by atoms with E-state index in [-0.39, 0.29) is 0 Å². The van der Waals surface area contributed by atoms with Crippen molar-refractivity contribution in [3.05, 3.63) is 88.5 Å². The molecule has 0 saturated heterocycles. The van der Waals surface area contributed by atoms with Crippen LogP contribution in [0.3, 0.4) is 0 Å². The van der Waals surface area contributed by atoms with Crippen LogP contribution in [0, 0.1) is 30.4 Å². The van der Waals surface area contributed by atoms with Gasteiger partial charge in [0.1, 0.15) is 5.69 Å². The lowest BCUT2D eigenvalue weighted by Crippen LogP contribution is -1.87. The van der Waals surface area contributed by atoms with Crippen LogP contribution in [0.15, 0.2) is 59.6 Å². The van der Waals surface area contributed by atoms with Gasteiger partial charge < -0.3 is 0 Å². The summed E-state index contributed by atoms with van der Waals surface area (Å²) >= 11 is 4.42. The topological polar surface area (TPSA) is 12.4 Å². The molecule has 3 aromatic rings. The molecule has 0 heterocycles. The van der Waals surface area contributed by atoms with E-state index in [1.807, 2.05) is 48.5 Å². The number of nitrogens with zero attached hydrogens (tertiary/aromatic N) is 1. The maximum absolute atomic E-state index is 14.0. The minimum atomic E-state index is -0.772. The number of isothiocyanates is 1. The normalized spacial score (nSPS) is 10.5. The van der Waals surface area contributed by atoms with Crippen molar-refractivity contribution < 1.29 is 8.78 Å². The summed E-state index contributed by atoms with van der Waals surface area (Å²) in [4.78, 5) is 3.42. The predicted octanol–water partition coefficient (Wildman–Crippen LogP) is 8.00. The Bertz CT molecular complexity index is 1200. The van der Waals surface area contributed by atoms with Gasteiger partial charge in [-0.1, -0.05) is 61.2 Å². The number of unbranched alkanes of at least 4 members (excludes halogenated alkanes) is 1. The average Bonchev–Trinajstić information content (AvgIpc) is 2.76. The molecule has 0 aliphatic rings. The Morgan fingerprint density at radius 3 is 2.23 bits per heavy atom. The molecule has 0 aromatic heterocycles. The van der Waals surface area contributed by atoms with Gasteiger partial charge in [-0.25, -0.2) is 8.78 Å². The van der Waals surface area contributed by atoms with E-state index in [4.69, 9.17) is 0 Å². The number of benzene rings is 3. The molecule has 0 bridgehead atoms. The Morgan fingerprint density at radius 2 is 1.61 bits per heavy atom. The highest BCUT2D eigenvalue weighted by molar-refractivity contribution is 7.78. The van der Waals surface area contributed by atoms with E-state index in [1.165, 1.54) is 12.1 Å². The Kier molecular flexibility index (Phi) is 7.62. The number of thiocarbonyl (C=S) groups is 1. The van der Waals surface area contributed by atoms with Gasteiger partial charge in [-0.15, -0.1) is 0 Å². The first kappa shape index (κ1) is 22.3. The quantitative estimate of drug-likeness (QED) is 0.173. The molecule has 1 nitrogen and oxygen atoms in total. The molecule has 0 N–H and O–H groups in total. The first-order valence-corrected chi connectivity index (χ1v) is 10.4. The van der Waals surface area contributed by atoms with Crippen molar-refractivity contribution in [1.29, 1.82) is 0 Å². The Balaban J connectivity index is 1.80. The number of hydrogen-bond donors (Lipinski definition) is 0. The number of halogens is 2. The lowest BCUT2D eigenvalue weighted by atomic mass is 9.97. The second kappa shape index (κ2) is 10.6. The van der Waals surface area contributed by atoms with E-state index < -0.39 is 17.3 Å². The zero-order valence-electron chi connectivity index (χ0n) is 17.4. The van der Waals surface area contributed by atoms with Crippen LogP contribution in [0.1, 0.15) is 42.0 Å². The summed E-state index contributed by atoms with van der Waals surface area (Å²) in [6, 6.07) is 16.7.